The van der Waals surface area contributed by atoms with Crippen molar-refractivity contribution in [3.05, 3.63) is 0 Å². The molecule has 2 N–H and O–H groups in total. The number of unbranched alkanes of at least 4 members (excludes halogenated alkanes) is 1. The van der Waals surface area contributed by atoms with Gasteiger partial charge in [0, 0.05) is 38.8 Å². The zero-order valence-corrected chi connectivity index (χ0v) is 18.4. The van der Waals surface area contributed by atoms with Crippen molar-refractivity contribution in [2.24, 2.45) is 10.9 Å². The molecule has 4 nitrogen and oxygen atoms in total. The molecule has 1 saturated carbocycles. The van der Waals surface area contributed by atoms with Gasteiger partial charge in [-0.2, -0.15) is 0 Å². The molecule has 0 aromatic carbocycles. The van der Waals surface area contributed by atoms with Crippen molar-refractivity contribution in [2.45, 2.75) is 83.7 Å². The van der Waals surface area contributed by atoms with Crippen molar-refractivity contribution in [2.75, 3.05) is 26.7 Å². The Labute approximate surface area is 166 Å². The monoisotopic (exact) mass is 450 g/mol. The van der Waals surface area contributed by atoms with Crippen LogP contribution in [0.25, 0.3) is 0 Å². The van der Waals surface area contributed by atoms with Crippen molar-refractivity contribution in [1.29, 1.82) is 0 Å². The van der Waals surface area contributed by atoms with Crippen LogP contribution in [0.5, 0.6) is 0 Å². The molecule has 0 unspecified atom stereocenters. The van der Waals surface area contributed by atoms with Crippen molar-refractivity contribution in [3.8, 4) is 0 Å². The molecule has 0 bridgehead atoms. The summed E-state index contributed by atoms with van der Waals surface area (Å²) in [7, 11) is 1.89. The molecule has 0 atom stereocenters. The van der Waals surface area contributed by atoms with Crippen LogP contribution in [-0.4, -0.2) is 49.6 Å². The molecule has 0 aromatic rings. The largest absolute Gasteiger partial charge is 0.356 e. The first-order valence-corrected chi connectivity index (χ1v) is 9.90. The highest BCUT2D eigenvalue weighted by molar-refractivity contribution is 14.0. The van der Waals surface area contributed by atoms with Gasteiger partial charge in [-0.25, -0.2) is 0 Å². The molecule has 2 rings (SSSR count). The lowest BCUT2D eigenvalue weighted by Crippen LogP contribution is -2.50. The van der Waals surface area contributed by atoms with Crippen LogP contribution in [-0.2, 0) is 0 Å². The number of hydrogen-bond donors (Lipinski definition) is 2. The second-order valence-corrected chi connectivity index (χ2v) is 7.78. The molecule has 2 aliphatic rings. The van der Waals surface area contributed by atoms with Crippen molar-refractivity contribution < 1.29 is 0 Å². The maximum absolute atomic E-state index is 4.39. The fraction of sp³-hybridized carbons (Fsp3) is 0.947. The summed E-state index contributed by atoms with van der Waals surface area (Å²) in [5.74, 6) is 1.81. The molecule has 0 radical (unpaired) electrons. The van der Waals surface area contributed by atoms with Crippen LogP contribution in [0.4, 0.5) is 0 Å². The van der Waals surface area contributed by atoms with Gasteiger partial charge in [0.05, 0.1) is 0 Å². The molecule has 1 aliphatic heterocycles. The van der Waals surface area contributed by atoms with Crippen LogP contribution < -0.4 is 10.6 Å². The number of nitrogens with zero attached hydrogens (tertiary/aromatic N) is 2. The van der Waals surface area contributed by atoms with E-state index >= 15 is 0 Å². The highest BCUT2D eigenvalue weighted by atomic mass is 127. The Morgan fingerprint density at radius 1 is 1.08 bits per heavy atom. The van der Waals surface area contributed by atoms with Crippen LogP contribution in [0.1, 0.15) is 71.6 Å². The van der Waals surface area contributed by atoms with Gasteiger partial charge < -0.3 is 15.5 Å². The number of guanidine groups is 1. The summed E-state index contributed by atoms with van der Waals surface area (Å²) < 4.78 is 0. The molecule has 1 heterocycles. The SMILES string of the molecule is CN=C(NCCCCC(C)C)NC1CCN(C2CCCC2)CC1.I. The molecule has 142 valence electrons. The van der Waals surface area contributed by atoms with Crippen LogP contribution in [0.3, 0.4) is 0 Å². The Morgan fingerprint density at radius 3 is 2.33 bits per heavy atom. The molecule has 24 heavy (non-hydrogen) atoms. The highest BCUT2D eigenvalue weighted by Crippen LogP contribution is 2.26. The predicted molar refractivity (Wildman–Crippen MR) is 115 cm³/mol. The molecule has 0 amide bonds. The smallest absolute Gasteiger partial charge is 0.191 e. The van der Waals surface area contributed by atoms with Gasteiger partial charge in [-0.15, -0.1) is 24.0 Å². The molecule has 0 spiro atoms. The Morgan fingerprint density at radius 2 is 1.75 bits per heavy atom. The van der Waals surface area contributed by atoms with E-state index in [0.29, 0.717) is 6.04 Å². The van der Waals surface area contributed by atoms with E-state index < -0.39 is 0 Å². The van der Waals surface area contributed by atoms with Gasteiger partial charge in [0.15, 0.2) is 5.96 Å². The fourth-order valence-electron chi connectivity index (χ4n) is 3.95. The molecular weight excluding hydrogens is 411 g/mol. The quantitative estimate of drug-likeness (QED) is 0.267. The summed E-state index contributed by atoms with van der Waals surface area (Å²) in [6, 6.07) is 1.48. The first kappa shape index (κ1) is 22.0. The van der Waals surface area contributed by atoms with Crippen LogP contribution >= 0.6 is 24.0 Å². The number of hydrogen-bond acceptors (Lipinski definition) is 2. The van der Waals surface area contributed by atoms with E-state index in [0.717, 1.165) is 24.5 Å². The molecular formula is C19H39IN4. The number of aliphatic imine (C=N–C) groups is 1. The Bertz CT molecular complexity index is 345. The topological polar surface area (TPSA) is 39.7 Å². The van der Waals surface area contributed by atoms with Gasteiger partial charge in [-0.3, -0.25) is 4.99 Å². The first-order chi connectivity index (χ1) is 11.2. The average Bonchev–Trinajstić information content (AvgIpc) is 3.08. The lowest BCUT2D eigenvalue weighted by Gasteiger charge is -2.36. The number of halogens is 1. The van der Waals surface area contributed by atoms with Crippen molar-refractivity contribution >= 4 is 29.9 Å². The number of nitrogens with one attached hydrogen (secondary N) is 2. The van der Waals surface area contributed by atoms with Gasteiger partial charge in [0.2, 0.25) is 0 Å². The Hall–Kier alpha value is -0.0400. The predicted octanol–water partition coefficient (Wildman–Crippen LogP) is 4.00. The van der Waals surface area contributed by atoms with E-state index in [1.165, 1.54) is 70.9 Å². The zero-order chi connectivity index (χ0) is 16.5. The van der Waals surface area contributed by atoms with Gasteiger partial charge in [-0.05, 0) is 38.0 Å². The number of likely N-dealkylation sites (tertiary alicyclic amines) is 1. The van der Waals surface area contributed by atoms with Gasteiger partial charge in [-0.1, -0.05) is 39.5 Å². The third-order valence-electron chi connectivity index (χ3n) is 5.44. The maximum atomic E-state index is 4.39. The summed E-state index contributed by atoms with van der Waals surface area (Å²) in [5, 5.41) is 7.11. The summed E-state index contributed by atoms with van der Waals surface area (Å²) in [6.07, 6.45) is 12.1. The van der Waals surface area contributed by atoms with E-state index in [-0.39, 0.29) is 24.0 Å². The first-order valence-electron chi connectivity index (χ1n) is 9.90. The lowest BCUT2D eigenvalue weighted by atomic mass is 10.0. The summed E-state index contributed by atoms with van der Waals surface area (Å²) in [5.41, 5.74) is 0. The van der Waals surface area contributed by atoms with E-state index in [1.807, 2.05) is 7.05 Å². The summed E-state index contributed by atoms with van der Waals surface area (Å²) >= 11 is 0. The van der Waals surface area contributed by atoms with E-state index in [1.54, 1.807) is 0 Å². The maximum Gasteiger partial charge on any atom is 0.191 e. The fourth-order valence-corrected chi connectivity index (χ4v) is 3.95. The van der Waals surface area contributed by atoms with Gasteiger partial charge in [0.1, 0.15) is 0 Å². The molecule has 1 aliphatic carbocycles. The minimum Gasteiger partial charge on any atom is -0.356 e. The minimum absolute atomic E-state index is 0. The van der Waals surface area contributed by atoms with Crippen LogP contribution in [0, 0.1) is 5.92 Å². The second-order valence-electron chi connectivity index (χ2n) is 7.78. The average molecular weight is 450 g/mol. The third-order valence-corrected chi connectivity index (χ3v) is 5.44. The molecule has 1 saturated heterocycles. The number of rotatable bonds is 7. The number of piperidine rings is 1. The minimum atomic E-state index is 0. The molecule has 2 fully saturated rings. The zero-order valence-electron chi connectivity index (χ0n) is 16.0. The highest BCUT2D eigenvalue weighted by Gasteiger charge is 2.27. The Kier molecular flexibility index (Phi) is 11.3. The molecule has 0 aromatic heterocycles. The molecule has 5 heteroatoms. The van der Waals surface area contributed by atoms with E-state index in [4.69, 9.17) is 0 Å². The standard InChI is InChI=1S/C19H38N4.HI/c1-16(2)8-6-7-13-21-19(20-3)22-17-11-14-23(15-12-17)18-9-4-5-10-18;/h16-18H,4-15H2,1-3H3,(H2,20,21,22);1H. The third kappa shape index (κ3) is 7.89. The normalized spacial score (nSPS) is 21.1. The van der Waals surface area contributed by atoms with Gasteiger partial charge in [0.25, 0.3) is 0 Å². The second kappa shape index (κ2) is 12.3. The van der Waals surface area contributed by atoms with Crippen molar-refractivity contribution in [1.82, 2.24) is 15.5 Å². The van der Waals surface area contributed by atoms with Crippen LogP contribution in [0.2, 0.25) is 0 Å². The van der Waals surface area contributed by atoms with Gasteiger partial charge >= 0.3 is 0 Å². The lowest BCUT2D eigenvalue weighted by molar-refractivity contribution is 0.150. The Balaban J connectivity index is 0.00000288. The van der Waals surface area contributed by atoms with E-state index in [9.17, 15) is 0 Å². The van der Waals surface area contributed by atoms with Crippen LogP contribution in [0.15, 0.2) is 4.99 Å². The van der Waals surface area contributed by atoms with E-state index in [2.05, 4.69) is 34.4 Å². The summed E-state index contributed by atoms with van der Waals surface area (Å²) in [4.78, 5) is 7.12. The summed E-state index contributed by atoms with van der Waals surface area (Å²) in [6.45, 7) is 8.15. The van der Waals surface area contributed by atoms with Crippen molar-refractivity contribution in [3.63, 3.8) is 0 Å².